The molecule has 2 N–H and O–H groups in total. The first-order valence-corrected chi connectivity index (χ1v) is 17.2. The largest absolute Gasteiger partial charge is 0.616 e. The van der Waals surface area contributed by atoms with E-state index in [9.17, 15) is 19.0 Å². The Hall–Kier alpha value is -0.110. The number of hydrogen-bond acceptors (Lipinski definition) is 6. The van der Waals surface area contributed by atoms with E-state index in [2.05, 4.69) is 13.8 Å². The van der Waals surface area contributed by atoms with Crippen molar-refractivity contribution < 1.29 is 33.6 Å². The van der Waals surface area contributed by atoms with E-state index in [1.807, 2.05) is 6.92 Å². The molecule has 5 unspecified atom stereocenters. The zero-order valence-electron chi connectivity index (χ0n) is 23.9. The highest BCUT2D eigenvalue weighted by molar-refractivity contribution is 7.92. The molecule has 0 aromatic heterocycles. The molecule has 0 aromatic carbocycles. The zero-order valence-corrected chi connectivity index (χ0v) is 25.9. The van der Waals surface area contributed by atoms with Crippen LogP contribution in [0.25, 0.3) is 0 Å². The van der Waals surface area contributed by atoms with Crippen molar-refractivity contribution in [1.82, 2.24) is 0 Å². The first-order chi connectivity index (χ1) is 17.8. The summed E-state index contributed by atoms with van der Waals surface area (Å²) < 4.78 is 35.4. The second-order valence-corrected chi connectivity index (χ2v) is 13.3. The van der Waals surface area contributed by atoms with Gasteiger partial charge in [-0.1, -0.05) is 90.9 Å². The third-order valence-corrected chi connectivity index (χ3v) is 9.64. The van der Waals surface area contributed by atoms with Gasteiger partial charge in [-0.25, -0.2) is 4.79 Å². The molecule has 0 fully saturated rings. The number of carboxylic acids is 1. The van der Waals surface area contributed by atoms with Crippen LogP contribution in [0.1, 0.15) is 130 Å². The van der Waals surface area contributed by atoms with Crippen LogP contribution in [-0.4, -0.2) is 63.0 Å². The van der Waals surface area contributed by atoms with Gasteiger partial charge in [-0.05, 0) is 50.2 Å². The first-order valence-electron chi connectivity index (χ1n) is 14.8. The van der Waals surface area contributed by atoms with Gasteiger partial charge in [0, 0.05) is 13.2 Å². The molecule has 0 aromatic rings. The highest BCUT2D eigenvalue weighted by Gasteiger charge is 2.35. The Morgan fingerprint density at radius 2 is 1.38 bits per heavy atom. The lowest BCUT2D eigenvalue weighted by Crippen LogP contribution is -2.37. The molecule has 0 aliphatic heterocycles. The Kier molecular flexibility index (Phi) is 24.8. The number of rotatable bonds is 28. The minimum absolute atomic E-state index is 0.0160. The van der Waals surface area contributed by atoms with Crippen molar-refractivity contribution in [3.63, 3.8) is 0 Å². The number of hydrogen-bond donors (Lipinski definition) is 2. The van der Waals surface area contributed by atoms with Gasteiger partial charge in [0.15, 0.2) is 0 Å². The Balaban J connectivity index is 4.33. The molecule has 9 heteroatoms. The summed E-state index contributed by atoms with van der Waals surface area (Å²) in [5.74, 6) is -0.799. The van der Waals surface area contributed by atoms with Crippen molar-refractivity contribution >= 4 is 25.6 Å². The van der Waals surface area contributed by atoms with E-state index in [0.29, 0.717) is 13.0 Å². The molecular formula is C28H57O7PS. The Labute approximate surface area is 231 Å². The molecule has 0 saturated heterocycles. The van der Waals surface area contributed by atoms with E-state index in [-0.39, 0.29) is 18.0 Å². The summed E-state index contributed by atoms with van der Waals surface area (Å²) in [6.45, 7) is 6.55. The maximum atomic E-state index is 13.2. The van der Waals surface area contributed by atoms with Crippen molar-refractivity contribution in [2.75, 3.05) is 25.6 Å². The highest BCUT2D eigenvalue weighted by Crippen LogP contribution is 2.22. The minimum Gasteiger partial charge on any atom is -0.616 e. The number of unbranched alkanes of at least 4 members (excludes halogenated alkanes) is 13. The molecule has 0 aliphatic rings. The zero-order chi connectivity index (χ0) is 27.8. The van der Waals surface area contributed by atoms with E-state index in [1.54, 1.807) is 0 Å². The normalized spacial score (nSPS) is 16.1. The van der Waals surface area contributed by atoms with Gasteiger partial charge >= 0.3 is 5.97 Å². The Morgan fingerprint density at radius 1 is 0.865 bits per heavy atom. The van der Waals surface area contributed by atoms with Gasteiger partial charge in [-0.2, -0.15) is 0 Å². The summed E-state index contributed by atoms with van der Waals surface area (Å²) in [5, 5.41) is 16.4. The molecule has 0 amide bonds. The molecule has 5 atom stereocenters. The molecule has 0 spiro atoms. The second-order valence-electron chi connectivity index (χ2n) is 10.3. The van der Waals surface area contributed by atoms with Crippen LogP contribution in [0.15, 0.2) is 0 Å². The molecule has 0 saturated carbocycles. The minimum atomic E-state index is -2.30. The molecule has 37 heavy (non-hydrogen) atoms. The van der Waals surface area contributed by atoms with Gasteiger partial charge in [0.25, 0.3) is 0 Å². The van der Waals surface area contributed by atoms with Gasteiger partial charge in [0.05, 0.1) is 6.61 Å². The van der Waals surface area contributed by atoms with Crippen molar-refractivity contribution in [1.29, 1.82) is 0 Å². The van der Waals surface area contributed by atoms with Crippen molar-refractivity contribution in [3.05, 3.63) is 0 Å². The monoisotopic (exact) mass is 568 g/mol. The quantitative estimate of drug-likeness (QED) is 0.0611. The maximum absolute atomic E-state index is 13.2. The number of aliphatic carboxylic acids is 1. The van der Waals surface area contributed by atoms with Gasteiger partial charge in [0.1, 0.15) is 25.6 Å². The summed E-state index contributed by atoms with van der Waals surface area (Å²) in [6, 6.07) is 0. The predicted molar refractivity (Wildman–Crippen MR) is 156 cm³/mol. The van der Waals surface area contributed by atoms with Crippen LogP contribution in [0.2, 0.25) is 0 Å². The fourth-order valence-corrected chi connectivity index (χ4v) is 6.34. The van der Waals surface area contributed by atoms with Crippen molar-refractivity contribution in [3.8, 4) is 0 Å². The van der Waals surface area contributed by atoms with E-state index in [1.165, 1.54) is 70.6 Å². The summed E-state index contributed by atoms with van der Waals surface area (Å²) >= 11 is -0.921. The standard InChI is InChI=1S/C28H57O7PS/c1-4-6-8-10-11-12-13-14-16-18-23-37(33)26(20-17-15-9-7-5-2)25(3)35-22-19-21-34-24-28(31,36-32)27(29)30/h25-26,31H,4-24,36H2,1-3H3,(H,29,30). The van der Waals surface area contributed by atoms with E-state index in [0.717, 1.165) is 37.9 Å². The smallest absolute Gasteiger partial charge is 0.345 e. The fraction of sp³-hybridized carbons (Fsp3) is 0.964. The molecule has 0 rings (SSSR count). The SMILES string of the molecule is CCCCCCCCCCCC[S+]([O-])C(CCCCCCC)C(C)OCCCOCC(O)([PH2]=O)C(=O)O. The number of carboxylic acid groups (broad SMARTS) is 1. The predicted octanol–water partition coefficient (Wildman–Crippen LogP) is 6.73. The first kappa shape index (κ1) is 36.9. The van der Waals surface area contributed by atoms with Crippen LogP contribution < -0.4 is 0 Å². The molecule has 0 aliphatic carbocycles. The third-order valence-electron chi connectivity index (χ3n) is 6.85. The van der Waals surface area contributed by atoms with Crippen molar-refractivity contribution in [2.45, 2.75) is 147 Å². The number of aliphatic hydroxyl groups is 1. The van der Waals surface area contributed by atoms with Crippen LogP contribution >= 0.6 is 8.46 Å². The van der Waals surface area contributed by atoms with E-state index in [4.69, 9.17) is 14.6 Å². The molecule has 7 nitrogen and oxygen atoms in total. The van der Waals surface area contributed by atoms with Gasteiger partial charge < -0.3 is 28.8 Å². The molecule has 0 radical (unpaired) electrons. The Morgan fingerprint density at radius 3 is 1.89 bits per heavy atom. The third kappa shape index (κ3) is 19.6. The van der Waals surface area contributed by atoms with E-state index >= 15 is 0 Å². The van der Waals surface area contributed by atoms with Crippen LogP contribution in [-0.2, 0) is 30.0 Å². The van der Waals surface area contributed by atoms with Gasteiger partial charge in [-0.3, -0.25) is 0 Å². The lowest BCUT2D eigenvalue weighted by molar-refractivity contribution is -0.154. The molecule has 0 heterocycles. The lowest BCUT2D eigenvalue weighted by Gasteiger charge is -2.27. The summed E-state index contributed by atoms with van der Waals surface area (Å²) in [5.41, 5.74) is 0. The fourth-order valence-electron chi connectivity index (χ4n) is 4.32. The van der Waals surface area contributed by atoms with Crippen molar-refractivity contribution in [2.24, 2.45) is 0 Å². The summed E-state index contributed by atoms with van der Waals surface area (Å²) in [7, 11) is -1.90. The van der Waals surface area contributed by atoms with E-state index < -0.39 is 37.6 Å². The topological polar surface area (TPSA) is 116 Å². The molecular weight excluding hydrogens is 511 g/mol. The second kappa shape index (κ2) is 24.9. The van der Waals surface area contributed by atoms with Gasteiger partial charge in [-0.15, -0.1) is 0 Å². The maximum Gasteiger partial charge on any atom is 0.345 e. The lowest BCUT2D eigenvalue weighted by atomic mass is 10.1. The molecule has 222 valence electrons. The Bertz CT molecular complexity index is 555. The average molecular weight is 569 g/mol. The number of ether oxygens (including phenoxy) is 2. The average Bonchev–Trinajstić information content (AvgIpc) is 2.88. The summed E-state index contributed by atoms with van der Waals surface area (Å²) in [6.07, 6.45) is 19.8. The van der Waals surface area contributed by atoms with Crippen LogP contribution in [0.4, 0.5) is 0 Å². The molecule has 0 bridgehead atoms. The van der Waals surface area contributed by atoms with Crippen LogP contribution in [0.5, 0.6) is 0 Å². The van der Waals surface area contributed by atoms with Crippen LogP contribution in [0.3, 0.4) is 0 Å². The number of carbonyl (C=O) groups is 1. The highest BCUT2D eigenvalue weighted by atomic mass is 32.2. The summed E-state index contributed by atoms with van der Waals surface area (Å²) in [4.78, 5) is 11.0. The van der Waals surface area contributed by atoms with Crippen LogP contribution in [0, 0.1) is 0 Å². The van der Waals surface area contributed by atoms with Gasteiger partial charge in [0.2, 0.25) is 5.34 Å².